The summed E-state index contributed by atoms with van der Waals surface area (Å²) in [5, 5.41) is 19.9. The zero-order chi connectivity index (χ0) is 12.3. The SMILES string of the molecule is CC(=O)SCC(O)C(O)c1nc(C)c(C)s1. The molecule has 1 aromatic rings. The fourth-order valence-electron chi connectivity index (χ4n) is 1.08. The third-order valence-corrected chi connectivity index (χ3v) is 4.18. The predicted octanol–water partition coefficient (Wildman–Crippen LogP) is 1.43. The van der Waals surface area contributed by atoms with Gasteiger partial charge in [-0.05, 0) is 13.8 Å². The molecule has 0 saturated heterocycles. The number of aliphatic hydroxyl groups excluding tert-OH is 2. The van der Waals surface area contributed by atoms with E-state index in [1.54, 1.807) is 0 Å². The summed E-state index contributed by atoms with van der Waals surface area (Å²) in [6.07, 6.45) is -1.97. The van der Waals surface area contributed by atoms with Crippen molar-refractivity contribution in [1.29, 1.82) is 0 Å². The first kappa shape index (κ1) is 13.6. The Hall–Kier alpha value is -0.430. The number of aliphatic hydroxyl groups is 2. The molecule has 0 spiro atoms. The Morgan fingerprint density at radius 2 is 2.12 bits per heavy atom. The van der Waals surface area contributed by atoms with Crippen LogP contribution < -0.4 is 0 Å². The number of thioether (sulfide) groups is 1. The van der Waals surface area contributed by atoms with Crippen molar-refractivity contribution in [2.45, 2.75) is 33.0 Å². The number of aryl methyl sites for hydroxylation is 2. The molecule has 1 rings (SSSR count). The number of hydrogen-bond acceptors (Lipinski definition) is 6. The van der Waals surface area contributed by atoms with Crippen molar-refractivity contribution in [2.24, 2.45) is 0 Å². The van der Waals surface area contributed by atoms with Gasteiger partial charge in [-0.1, -0.05) is 11.8 Å². The zero-order valence-corrected chi connectivity index (χ0v) is 11.1. The second-order valence-electron chi connectivity index (χ2n) is 3.51. The van der Waals surface area contributed by atoms with Gasteiger partial charge in [0.1, 0.15) is 11.1 Å². The monoisotopic (exact) mass is 261 g/mol. The zero-order valence-electron chi connectivity index (χ0n) is 9.43. The molecular formula is C10H15NO3S2. The van der Waals surface area contributed by atoms with Gasteiger partial charge in [0.05, 0.1) is 11.8 Å². The molecule has 0 aliphatic carbocycles. The highest BCUT2D eigenvalue weighted by molar-refractivity contribution is 8.13. The molecule has 0 fully saturated rings. The van der Waals surface area contributed by atoms with Gasteiger partial charge in [0.15, 0.2) is 5.12 Å². The van der Waals surface area contributed by atoms with Crippen molar-refractivity contribution in [3.05, 3.63) is 15.6 Å². The molecule has 2 unspecified atom stereocenters. The normalized spacial score (nSPS) is 14.8. The van der Waals surface area contributed by atoms with Crippen LogP contribution in [0.5, 0.6) is 0 Å². The topological polar surface area (TPSA) is 70.4 Å². The Labute approximate surface area is 103 Å². The minimum absolute atomic E-state index is 0.0715. The lowest BCUT2D eigenvalue weighted by molar-refractivity contribution is -0.109. The Balaban J connectivity index is 2.62. The highest BCUT2D eigenvalue weighted by Gasteiger charge is 2.22. The molecule has 0 amide bonds. The minimum atomic E-state index is -1.01. The maximum atomic E-state index is 10.7. The first-order valence-corrected chi connectivity index (χ1v) is 6.65. The van der Waals surface area contributed by atoms with E-state index in [0.717, 1.165) is 22.3 Å². The molecule has 1 heterocycles. The first-order valence-electron chi connectivity index (χ1n) is 4.85. The maximum Gasteiger partial charge on any atom is 0.185 e. The fourth-order valence-corrected chi connectivity index (χ4v) is 2.64. The molecular weight excluding hydrogens is 246 g/mol. The van der Waals surface area contributed by atoms with E-state index in [-0.39, 0.29) is 10.9 Å². The second kappa shape index (κ2) is 5.77. The van der Waals surface area contributed by atoms with Gasteiger partial charge in [0, 0.05) is 17.6 Å². The van der Waals surface area contributed by atoms with Crippen molar-refractivity contribution >= 4 is 28.2 Å². The molecule has 4 nitrogen and oxygen atoms in total. The van der Waals surface area contributed by atoms with Crippen molar-refractivity contribution in [2.75, 3.05) is 5.75 Å². The van der Waals surface area contributed by atoms with Crippen molar-refractivity contribution in [1.82, 2.24) is 4.98 Å². The molecule has 0 aliphatic rings. The van der Waals surface area contributed by atoms with Crippen LogP contribution in [0.15, 0.2) is 0 Å². The predicted molar refractivity (Wildman–Crippen MR) is 65.7 cm³/mol. The number of hydrogen-bond donors (Lipinski definition) is 2. The van der Waals surface area contributed by atoms with E-state index in [1.165, 1.54) is 18.3 Å². The maximum absolute atomic E-state index is 10.7. The summed E-state index contributed by atoms with van der Waals surface area (Å²) in [7, 11) is 0. The van der Waals surface area contributed by atoms with E-state index < -0.39 is 12.2 Å². The standard InChI is InChI=1S/C10H15NO3S2/c1-5-6(2)16-10(11-5)9(14)8(13)4-15-7(3)12/h8-9,13-14H,4H2,1-3H3. The molecule has 0 radical (unpaired) electrons. The number of carbonyl (C=O) groups is 1. The first-order chi connectivity index (χ1) is 7.41. The number of aromatic nitrogens is 1. The highest BCUT2D eigenvalue weighted by atomic mass is 32.2. The summed E-state index contributed by atoms with van der Waals surface area (Å²) in [5.41, 5.74) is 0.866. The summed E-state index contributed by atoms with van der Waals surface area (Å²) in [6.45, 7) is 5.21. The average molecular weight is 261 g/mol. The summed E-state index contributed by atoms with van der Waals surface area (Å²) in [6, 6.07) is 0. The van der Waals surface area contributed by atoms with E-state index in [1.807, 2.05) is 13.8 Å². The molecule has 90 valence electrons. The lowest BCUT2D eigenvalue weighted by Crippen LogP contribution is -2.21. The largest absolute Gasteiger partial charge is 0.389 e. The number of carbonyl (C=O) groups excluding carboxylic acids is 1. The molecule has 0 aliphatic heterocycles. The third-order valence-electron chi connectivity index (χ3n) is 2.12. The van der Waals surface area contributed by atoms with Gasteiger partial charge < -0.3 is 10.2 Å². The fraction of sp³-hybridized carbons (Fsp3) is 0.600. The van der Waals surface area contributed by atoms with Gasteiger partial charge in [-0.3, -0.25) is 4.79 Å². The van der Waals surface area contributed by atoms with Gasteiger partial charge >= 0.3 is 0 Å². The smallest absolute Gasteiger partial charge is 0.185 e. The van der Waals surface area contributed by atoms with Gasteiger partial charge in [0.25, 0.3) is 0 Å². The van der Waals surface area contributed by atoms with E-state index in [4.69, 9.17) is 0 Å². The van der Waals surface area contributed by atoms with Crippen LogP contribution in [-0.2, 0) is 4.79 Å². The molecule has 0 aromatic carbocycles. The average Bonchev–Trinajstić information content (AvgIpc) is 2.54. The van der Waals surface area contributed by atoms with Crippen LogP contribution in [-0.4, -0.2) is 32.2 Å². The Morgan fingerprint density at radius 3 is 2.56 bits per heavy atom. The summed E-state index contributed by atoms with van der Waals surface area (Å²) in [5.74, 6) is 0.189. The van der Waals surface area contributed by atoms with E-state index in [0.29, 0.717) is 5.01 Å². The molecule has 0 bridgehead atoms. The van der Waals surface area contributed by atoms with Crippen molar-refractivity contribution in [3.63, 3.8) is 0 Å². The van der Waals surface area contributed by atoms with E-state index in [9.17, 15) is 15.0 Å². The highest BCUT2D eigenvalue weighted by Crippen LogP contribution is 2.26. The molecule has 2 N–H and O–H groups in total. The van der Waals surface area contributed by atoms with Crippen molar-refractivity contribution < 1.29 is 15.0 Å². The molecule has 0 saturated carbocycles. The number of thiazole rings is 1. The Morgan fingerprint density at radius 1 is 1.50 bits per heavy atom. The Kier molecular flexibility index (Phi) is 4.91. The third kappa shape index (κ3) is 3.55. The molecule has 1 aromatic heterocycles. The van der Waals surface area contributed by atoms with Crippen LogP contribution >= 0.6 is 23.1 Å². The van der Waals surface area contributed by atoms with Crippen LogP contribution in [0.3, 0.4) is 0 Å². The minimum Gasteiger partial charge on any atom is -0.389 e. The number of rotatable bonds is 4. The molecule has 2 atom stereocenters. The molecule has 16 heavy (non-hydrogen) atoms. The summed E-state index contributed by atoms with van der Waals surface area (Å²) in [4.78, 5) is 15.9. The van der Waals surface area contributed by atoms with Gasteiger partial charge in [-0.15, -0.1) is 11.3 Å². The van der Waals surface area contributed by atoms with Crippen LogP contribution in [0.1, 0.15) is 28.6 Å². The lowest BCUT2D eigenvalue weighted by atomic mass is 10.2. The van der Waals surface area contributed by atoms with Gasteiger partial charge in [-0.25, -0.2) is 4.98 Å². The van der Waals surface area contributed by atoms with Crippen molar-refractivity contribution in [3.8, 4) is 0 Å². The van der Waals surface area contributed by atoms with E-state index >= 15 is 0 Å². The van der Waals surface area contributed by atoms with Crippen LogP contribution in [0, 0.1) is 13.8 Å². The van der Waals surface area contributed by atoms with Gasteiger partial charge in [-0.2, -0.15) is 0 Å². The second-order valence-corrected chi connectivity index (χ2v) is 5.94. The van der Waals surface area contributed by atoms with Crippen LogP contribution in [0.25, 0.3) is 0 Å². The van der Waals surface area contributed by atoms with Gasteiger partial charge in [0.2, 0.25) is 0 Å². The quantitative estimate of drug-likeness (QED) is 0.858. The molecule has 6 heteroatoms. The van der Waals surface area contributed by atoms with Crippen LogP contribution in [0.2, 0.25) is 0 Å². The van der Waals surface area contributed by atoms with Crippen LogP contribution in [0.4, 0.5) is 0 Å². The summed E-state index contributed by atoms with van der Waals surface area (Å²) < 4.78 is 0. The lowest BCUT2D eigenvalue weighted by Gasteiger charge is -2.14. The summed E-state index contributed by atoms with van der Waals surface area (Å²) >= 11 is 2.37. The Bertz CT molecular complexity index is 359. The van der Waals surface area contributed by atoms with E-state index in [2.05, 4.69) is 4.98 Å². The number of nitrogens with zero attached hydrogens (tertiary/aromatic N) is 1.